The Bertz CT molecular complexity index is 684. The van der Waals surface area contributed by atoms with Crippen LogP contribution in [-0.4, -0.2) is 13.8 Å². The monoisotopic (exact) mass is 349 g/mol. The fourth-order valence-electron chi connectivity index (χ4n) is 3.53. The summed E-state index contributed by atoms with van der Waals surface area (Å²) in [6.45, 7) is 15.1. The van der Waals surface area contributed by atoms with Crippen molar-refractivity contribution in [2.45, 2.75) is 46.2 Å². The van der Waals surface area contributed by atoms with Gasteiger partial charge < -0.3 is 4.98 Å². The maximum absolute atomic E-state index is 4.07. The molecule has 0 heterocycles. The van der Waals surface area contributed by atoms with Crippen molar-refractivity contribution in [3.05, 3.63) is 84.5 Å². The van der Waals surface area contributed by atoms with Gasteiger partial charge in [0.15, 0.2) is 8.24 Å². The van der Waals surface area contributed by atoms with Crippen molar-refractivity contribution in [2.75, 3.05) is 0 Å². The number of nitrogens with one attached hydrogen (secondary N) is 1. The fourth-order valence-corrected chi connectivity index (χ4v) is 8.40. The molecule has 2 aromatic rings. The van der Waals surface area contributed by atoms with Crippen LogP contribution in [-0.2, 0) is 0 Å². The summed E-state index contributed by atoms with van der Waals surface area (Å²) in [6, 6.07) is 23.0. The molecule has 2 rings (SSSR count). The molecule has 0 amide bonds. The maximum Gasteiger partial charge on any atom is 0.194 e. The lowest BCUT2D eigenvalue weighted by Crippen LogP contribution is -2.72. The number of hydrogen-bond donors (Lipinski definition) is 1. The predicted molar refractivity (Wildman–Crippen MR) is 114 cm³/mol. The van der Waals surface area contributed by atoms with Crippen molar-refractivity contribution in [1.29, 1.82) is 0 Å². The van der Waals surface area contributed by atoms with Crippen molar-refractivity contribution in [2.24, 2.45) is 0 Å². The van der Waals surface area contributed by atoms with Gasteiger partial charge in [-0.05, 0) is 51.0 Å². The van der Waals surface area contributed by atoms with Crippen molar-refractivity contribution < 1.29 is 0 Å². The molecule has 1 nitrogen and oxygen atoms in total. The van der Waals surface area contributed by atoms with Crippen molar-refractivity contribution in [3.8, 4) is 0 Å². The van der Waals surface area contributed by atoms with E-state index in [-0.39, 0.29) is 5.54 Å². The van der Waals surface area contributed by atoms with E-state index in [2.05, 4.69) is 113 Å². The van der Waals surface area contributed by atoms with Gasteiger partial charge in [-0.25, -0.2) is 0 Å². The van der Waals surface area contributed by atoms with Gasteiger partial charge in [0.25, 0.3) is 0 Å². The normalized spacial score (nSPS) is 12.9. The third kappa shape index (κ3) is 5.28. The third-order valence-corrected chi connectivity index (χ3v) is 9.06. The van der Waals surface area contributed by atoms with Gasteiger partial charge in [-0.1, -0.05) is 84.5 Å². The number of hydrogen-bond acceptors (Lipinski definition) is 1. The Kier molecular flexibility index (Phi) is 6.20. The van der Waals surface area contributed by atoms with E-state index < -0.39 is 8.24 Å². The van der Waals surface area contributed by atoms with Gasteiger partial charge in [-0.2, -0.15) is 0 Å². The van der Waals surface area contributed by atoms with Crippen molar-refractivity contribution >= 4 is 18.6 Å². The van der Waals surface area contributed by atoms with Crippen LogP contribution in [0.3, 0.4) is 0 Å². The molecule has 0 fully saturated rings. The van der Waals surface area contributed by atoms with E-state index in [1.165, 1.54) is 15.9 Å². The van der Waals surface area contributed by atoms with Crippen LogP contribution in [0, 0.1) is 0 Å². The lowest BCUT2D eigenvalue weighted by atomic mass is 10.1. The van der Waals surface area contributed by atoms with Crippen LogP contribution >= 0.6 is 0 Å². The van der Waals surface area contributed by atoms with E-state index in [1.54, 1.807) is 0 Å². The molecule has 0 bridgehead atoms. The highest BCUT2D eigenvalue weighted by atomic mass is 28.3. The first kappa shape index (κ1) is 19.4. The van der Waals surface area contributed by atoms with E-state index >= 15 is 0 Å². The molecule has 0 aliphatic rings. The summed E-state index contributed by atoms with van der Waals surface area (Å²) in [5.41, 5.74) is 2.52. The molecule has 0 aliphatic heterocycles. The van der Waals surface area contributed by atoms with Gasteiger partial charge in [-0.15, -0.1) is 0 Å². The predicted octanol–water partition coefficient (Wildman–Crippen LogP) is 4.66. The molecule has 0 atom stereocenters. The fraction of sp³-hybridized carbons (Fsp3) is 0.304. The second-order valence-corrected chi connectivity index (χ2v) is 11.6. The van der Waals surface area contributed by atoms with E-state index in [0.29, 0.717) is 0 Å². The Morgan fingerprint density at radius 2 is 1.36 bits per heavy atom. The molecule has 0 aliphatic carbocycles. The highest BCUT2D eigenvalue weighted by Crippen LogP contribution is 2.19. The molecule has 132 valence electrons. The topological polar surface area (TPSA) is 12.0 Å². The molecular formula is C23H31NSi. The molecule has 0 spiro atoms. The summed E-state index contributed by atoms with van der Waals surface area (Å²) in [4.78, 5) is 4.07. The second kappa shape index (κ2) is 7.98. The SMILES string of the molecule is C=C(C)/C=C(\C)C[Si](NC(C)(C)C)(c1ccccc1)c1ccccc1. The van der Waals surface area contributed by atoms with Gasteiger partial charge in [0.2, 0.25) is 0 Å². The van der Waals surface area contributed by atoms with Crippen LogP contribution in [0.15, 0.2) is 84.5 Å². The summed E-state index contributed by atoms with van der Waals surface area (Å²) in [7, 11) is -2.17. The quantitative estimate of drug-likeness (QED) is 0.591. The van der Waals surface area contributed by atoms with E-state index in [4.69, 9.17) is 0 Å². The zero-order valence-corrected chi connectivity index (χ0v) is 17.3. The summed E-state index contributed by atoms with van der Waals surface area (Å²) in [6.07, 6.45) is 2.22. The van der Waals surface area contributed by atoms with E-state index in [1.807, 2.05) is 0 Å². The molecule has 0 radical (unpaired) electrons. The average molecular weight is 350 g/mol. The molecule has 2 heteroatoms. The van der Waals surface area contributed by atoms with Crippen LogP contribution in [0.1, 0.15) is 34.6 Å². The third-order valence-electron chi connectivity index (χ3n) is 4.16. The zero-order valence-electron chi connectivity index (χ0n) is 16.3. The van der Waals surface area contributed by atoms with E-state index in [9.17, 15) is 0 Å². The highest BCUT2D eigenvalue weighted by molar-refractivity contribution is 7.00. The Morgan fingerprint density at radius 3 is 1.72 bits per heavy atom. The van der Waals surface area contributed by atoms with Crippen LogP contribution < -0.4 is 15.4 Å². The highest BCUT2D eigenvalue weighted by Gasteiger charge is 2.40. The first-order valence-electron chi connectivity index (χ1n) is 8.96. The smallest absolute Gasteiger partial charge is 0.194 e. The van der Waals surface area contributed by atoms with Gasteiger partial charge in [0.1, 0.15) is 0 Å². The summed E-state index contributed by atoms with van der Waals surface area (Å²) >= 11 is 0. The maximum atomic E-state index is 4.07. The van der Waals surface area contributed by atoms with Crippen LogP contribution in [0.25, 0.3) is 0 Å². The number of allylic oxidation sites excluding steroid dienone is 3. The number of benzene rings is 2. The first-order valence-corrected chi connectivity index (χ1v) is 11.2. The minimum atomic E-state index is -2.17. The summed E-state index contributed by atoms with van der Waals surface area (Å²) in [5.74, 6) is 0. The Morgan fingerprint density at radius 1 is 0.920 bits per heavy atom. The molecule has 0 saturated carbocycles. The Balaban J connectivity index is 2.67. The van der Waals surface area contributed by atoms with Gasteiger partial charge in [-0.3, -0.25) is 0 Å². The lowest BCUT2D eigenvalue weighted by Gasteiger charge is -2.40. The van der Waals surface area contributed by atoms with Crippen LogP contribution in [0.5, 0.6) is 0 Å². The Labute approximate surface area is 154 Å². The van der Waals surface area contributed by atoms with Crippen LogP contribution in [0.4, 0.5) is 0 Å². The minimum Gasteiger partial charge on any atom is -0.325 e. The molecule has 25 heavy (non-hydrogen) atoms. The standard InChI is InChI=1S/C23H31NSi/c1-19(2)17-20(3)18-25(24-23(4,5)6,21-13-9-7-10-14-21)22-15-11-8-12-16-22/h7-17,24H,1,18H2,2-6H3/b20-17+. The number of rotatable bonds is 6. The summed E-state index contributed by atoms with van der Waals surface area (Å²) in [5, 5.41) is 2.84. The van der Waals surface area contributed by atoms with Gasteiger partial charge in [0.05, 0.1) is 0 Å². The van der Waals surface area contributed by atoms with Gasteiger partial charge >= 0.3 is 0 Å². The molecular weight excluding hydrogens is 318 g/mol. The second-order valence-electron chi connectivity index (χ2n) is 8.03. The first-order chi connectivity index (χ1) is 11.7. The molecule has 1 N–H and O–H groups in total. The van der Waals surface area contributed by atoms with Gasteiger partial charge in [0, 0.05) is 5.54 Å². The molecule has 0 aromatic heterocycles. The minimum absolute atomic E-state index is 0.0292. The Hall–Kier alpha value is -1.90. The van der Waals surface area contributed by atoms with E-state index in [0.717, 1.165) is 11.6 Å². The largest absolute Gasteiger partial charge is 0.325 e. The molecule has 0 unspecified atom stereocenters. The zero-order chi connectivity index (χ0) is 18.5. The van der Waals surface area contributed by atoms with Crippen molar-refractivity contribution in [3.63, 3.8) is 0 Å². The molecule has 0 saturated heterocycles. The average Bonchev–Trinajstić information content (AvgIpc) is 2.54. The summed E-state index contributed by atoms with van der Waals surface area (Å²) < 4.78 is 0. The molecule has 2 aromatic carbocycles. The van der Waals surface area contributed by atoms with Crippen LogP contribution in [0.2, 0.25) is 6.04 Å². The van der Waals surface area contributed by atoms with Crippen molar-refractivity contribution in [1.82, 2.24) is 4.98 Å². The lowest BCUT2D eigenvalue weighted by molar-refractivity contribution is 0.515.